The largest absolute Gasteiger partial charge is 0.449 e. The van der Waals surface area contributed by atoms with Crippen molar-refractivity contribution in [3.05, 3.63) is 52.1 Å². The van der Waals surface area contributed by atoms with Crippen LogP contribution < -0.4 is 16.1 Å². The van der Waals surface area contributed by atoms with Crippen LogP contribution in [0.4, 0.5) is 16.2 Å². The number of nitrogens with two attached hydrogens (primary N) is 1. The quantitative estimate of drug-likeness (QED) is 0.183. The monoisotopic (exact) mass is 553 g/mol. The lowest BCUT2D eigenvalue weighted by atomic mass is 9.93. The number of nitro benzene ring substituents is 1. The second kappa shape index (κ2) is 13.0. The summed E-state index contributed by atoms with van der Waals surface area (Å²) in [4.78, 5) is 50.7. The van der Waals surface area contributed by atoms with Gasteiger partial charge in [0.15, 0.2) is 0 Å². The zero-order valence-electron chi connectivity index (χ0n) is 22.7. The van der Waals surface area contributed by atoms with Crippen molar-refractivity contribution in [2.24, 2.45) is 21.7 Å². The van der Waals surface area contributed by atoms with Gasteiger partial charge in [0.25, 0.3) is 5.69 Å². The molecule has 1 saturated heterocycles. The van der Waals surface area contributed by atoms with Crippen molar-refractivity contribution in [1.29, 1.82) is 0 Å². The zero-order valence-corrected chi connectivity index (χ0v) is 22.7. The molecule has 2 aliphatic heterocycles. The summed E-state index contributed by atoms with van der Waals surface area (Å²) in [6.45, 7) is 5.24. The molecule has 2 amide bonds. The van der Waals surface area contributed by atoms with Gasteiger partial charge in [-0.05, 0) is 38.7 Å². The third-order valence-corrected chi connectivity index (χ3v) is 6.99. The van der Waals surface area contributed by atoms with Gasteiger partial charge in [0.05, 0.1) is 29.6 Å². The molecule has 0 saturated carbocycles. The number of hydrogen-bond donors (Lipinski definition) is 3. The van der Waals surface area contributed by atoms with Crippen molar-refractivity contribution >= 4 is 35.0 Å². The molecule has 4 N–H and O–H groups in total. The highest BCUT2D eigenvalue weighted by Crippen LogP contribution is 2.33. The molecule has 40 heavy (non-hydrogen) atoms. The Balaban J connectivity index is 1.42. The molecule has 14 nitrogen and oxygen atoms in total. The van der Waals surface area contributed by atoms with Gasteiger partial charge in [-0.25, -0.2) is 25.1 Å². The molecule has 1 aromatic heterocycles. The van der Waals surface area contributed by atoms with Crippen molar-refractivity contribution in [3.8, 4) is 0 Å². The van der Waals surface area contributed by atoms with E-state index < -0.39 is 11.0 Å². The number of rotatable bonds is 9. The summed E-state index contributed by atoms with van der Waals surface area (Å²) < 4.78 is 5.18. The second-order valence-corrected chi connectivity index (χ2v) is 9.83. The number of imidazole rings is 1. The van der Waals surface area contributed by atoms with Crippen molar-refractivity contribution in [2.45, 2.75) is 52.0 Å². The Labute approximate surface area is 231 Å². The van der Waals surface area contributed by atoms with Gasteiger partial charge in [-0.15, -0.1) is 0 Å². The number of aromatic amines is 1. The maximum Gasteiger partial charge on any atom is 0.416 e. The number of ether oxygens (including phenoxy) is 1. The topological polar surface area (TPSA) is 184 Å². The zero-order chi connectivity index (χ0) is 28.6. The van der Waals surface area contributed by atoms with Gasteiger partial charge in [-0.3, -0.25) is 14.9 Å². The molecule has 0 radical (unpaired) electrons. The number of aliphatic imine (C=N–C) groups is 1. The van der Waals surface area contributed by atoms with Crippen molar-refractivity contribution in [1.82, 2.24) is 20.3 Å². The number of aromatic nitrogens is 2. The van der Waals surface area contributed by atoms with Gasteiger partial charge in [-0.1, -0.05) is 13.0 Å². The minimum atomic E-state index is -0.544. The maximum atomic E-state index is 12.6. The van der Waals surface area contributed by atoms with Crippen LogP contribution in [-0.2, 0) is 16.0 Å². The SMILES string of the molecule is CCOC(=O)N(CCCc1cnc[nH]1)C(N)=NC1CCN(c2ccc(C3=NNC(=O)CC3C)cc2[N+](=O)[O-])CC1. The fourth-order valence-electron chi connectivity index (χ4n) is 4.94. The van der Waals surface area contributed by atoms with E-state index in [1.165, 1.54) is 11.0 Å². The fourth-order valence-corrected chi connectivity index (χ4v) is 4.94. The van der Waals surface area contributed by atoms with Crippen LogP contribution in [0.2, 0.25) is 0 Å². The van der Waals surface area contributed by atoms with E-state index in [1.807, 2.05) is 11.8 Å². The van der Waals surface area contributed by atoms with Crippen molar-refractivity contribution < 1.29 is 19.2 Å². The Hall–Kier alpha value is -4.49. The molecule has 0 spiro atoms. The van der Waals surface area contributed by atoms with Gasteiger partial charge in [-0.2, -0.15) is 5.10 Å². The van der Waals surface area contributed by atoms with Crippen molar-refractivity contribution in [3.63, 3.8) is 0 Å². The minimum Gasteiger partial charge on any atom is -0.449 e. The number of guanidine groups is 1. The molecule has 1 aromatic carbocycles. The average Bonchev–Trinajstić information content (AvgIpc) is 3.45. The van der Waals surface area contributed by atoms with E-state index in [1.54, 1.807) is 31.6 Å². The van der Waals surface area contributed by atoms with Gasteiger partial charge >= 0.3 is 6.09 Å². The summed E-state index contributed by atoms with van der Waals surface area (Å²) in [7, 11) is 0. The van der Waals surface area contributed by atoms with Gasteiger partial charge < -0.3 is 20.4 Å². The van der Waals surface area contributed by atoms with E-state index in [0.29, 0.717) is 62.3 Å². The molecular formula is C26H35N9O5. The molecule has 2 aromatic rings. The summed E-state index contributed by atoms with van der Waals surface area (Å²) in [6, 6.07) is 4.92. The number of carbonyl (C=O) groups excluding carboxylic acids is 2. The van der Waals surface area contributed by atoms with Gasteiger partial charge in [0.2, 0.25) is 11.9 Å². The molecule has 0 aliphatic carbocycles. The number of anilines is 1. The maximum absolute atomic E-state index is 12.6. The summed E-state index contributed by atoms with van der Waals surface area (Å²) in [6.07, 6.45) is 5.65. The Bertz CT molecular complexity index is 1270. The molecular weight excluding hydrogens is 518 g/mol. The second-order valence-electron chi connectivity index (χ2n) is 9.83. The van der Waals surface area contributed by atoms with Crippen LogP contribution in [0.15, 0.2) is 40.8 Å². The van der Waals surface area contributed by atoms with Gasteiger partial charge in [0, 0.05) is 55.5 Å². The van der Waals surface area contributed by atoms with Crippen LogP contribution in [0.3, 0.4) is 0 Å². The Morgan fingerprint density at radius 2 is 2.12 bits per heavy atom. The van der Waals surface area contributed by atoms with Gasteiger partial charge in [0.1, 0.15) is 5.69 Å². The van der Waals surface area contributed by atoms with E-state index in [0.717, 1.165) is 5.69 Å². The molecule has 1 unspecified atom stereocenters. The first kappa shape index (κ1) is 28.5. The number of nitro groups is 1. The molecule has 2 aliphatic rings. The molecule has 14 heteroatoms. The summed E-state index contributed by atoms with van der Waals surface area (Å²) in [5.74, 6) is -0.211. The lowest BCUT2D eigenvalue weighted by molar-refractivity contribution is -0.384. The minimum absolute atomic E-state index is 0.0171. The van der Waals surface area contributed by atoms with Crippen molar-refractivity contribution in [2.75, 3.05) is 31.1 Å². The van der Waals surface area contributed by atoms with Crippen LogP contribution in [0.1, 0.15) is 50.8 Å². The molecule has 214 valence electrons. The number of carbonyl (C=O) groups is 2. The third-order valence-electron chi connectivity index (χ3n) is 6.99. The fraction of sp³-hybridized carbons (Fsp3) is 0.500. The Kier molecular flexibility index (Phi) is 9.30. The molecule has 3 heterocycles. The normalized spacial score (nSPS) is 18.2. The predicted molar refractivity (Wildman–Crippen MR) is 149 cm³/mol. The van der Waals surface area contributed by atoms with Crippen LogP contribution in [0.5, 0.6) is 0 Å². The average molecular weight is 554 g/mol. The van der Waals surface area contributed by atoms with E-state index >= 15 is 0 Å². The number of piperidine rings is 1. The predicted octanol–water partition coefficient (Wildman–Crippen LogP) is 2.55. The van der Waals surface area contributed by atoms with E-state index in [4.69, 9.17) is 10.5 Å². The number of H-pyrrole nitrogens is 1. The highest BCUT2D eigenvalue weighted by molar-refractivity contribution is 6.06. The molecule has 1 fully saturated rings. The third kappa shape index (κ3) is 6.93. The number of hydrogen-bond acceptors (Lipinski definition) is 9. The number of nitrogens with zero attached hydrogens (tertiary/aromatic N) is 6. The number of amides is 2. The van der Waals surface area contributed by atoms with E-state index in [-0.39, 0.29) is 42.5 Å². The Morgan fingerprint density at radius 1 is 1.35 bits per heavy atom. The first-order valence-corrected chi connectivity index (χ1v) is 13.4. The lowest BCUT2D eigenvalue weighted by Crippen LogP contribution is -2.44. The first-order chi connectivity index (χ1) is 19.3. The summed E-state index contributed by atoms with van der Waals surface area (Å²) >= 11 is 0. The lowest BCUT2D eigenvalue weighted by Gasteiger charge is -2.32. The van der Waals surface area contributed by atoms with Crippen LogP contribution in [-0.4, -0.2) is 75.7 Å². The first-order valence-electron chi connectivity index (χ1n) is 13.4. The van der Waals surface area contributed by atoms with Crippen LogP contribution in [0, 0.1) is 16.0 Å². The molecule has 4 rings (SSSR count). The standard InChI is InChI=1S/C26H35N9O5/c1-3-40-26(37)34(10-4-5-20-15-28-16-29-20)25(27)30-19-8-11-33(12-9-19)21-7-6-18(14-22(21)35(38)39)24-17(2)13-23(36)31-32-24/h6-7,14-17,19H,3-5,8-13H2,1-2H3,(H2,27,30)(H,28,29)(H,31,36). The highest BCUT2D eigenvalue weighted by Gasteiger charge is 2.29. The number of aryl methyl sites for hydroxylation is 1. The Morgan fingerprint density at radius 3 is 2.77 bits per heavy atom. The van der Waals surface area contributed by atoms with E-state index in [2.05, 4.69) is 25.5 Å². The van der Waals surface area contributed by atoms with Crippen LogP contribution >= 0.6 is 0 Å². The smallest absolute Gasteiger partial charge is 0.416 e. The van der Waals surface area contributed by atoms with Crippen LogP contribution in [0.25, 0.3) is 0 Å². The molecule has 0 bridgehead atoms. The van der Waals surface area contributed by atoms with E-state index in [9.17, 15) is 19.7 Å². The highest BCUT2D eigenvalue weighted by atomic mass is 16.6. The number of hydrazone groups is 1. The number of benzene rings is 1. The molecule has 1 atom stereocenters. The summed E-state index contributed by atoms with van der Waals surface area (Å²) in [5.41, 5.74) is 11.4. The summed E-state index contributed by atoms with van der Waals surface area (Å²) in [5, 5.41) is 16.1. The number of nitrogens with one attached hydrogen (secondary N) is 2.